The molecule has 5 heteroatoms. The zero-order chi connectivity index (χ0) is 12.1. The smallest absolute Gasteiger partial charge is 0.159 e. The maximum absolute atomic E-state index is 5.71. The summed E-state index contributed by atoms with van der Waals surface area (Å²) in [7, 11) is 0. The second-order valence-electron chi connectivity index (χ2n) is 3.78. The molecule has 4 nitrogen and oxygen atoms in total. The van der Waals surface area contributed by atoms with Crippen molar-refractivity contribution in [2.75, 3.05) is 11.9 Å². The Morgan fingerprint density at radius 3 is 2.62 bits per heavy atom. The van der Waals surface area contributed by atoms with Gasteiger partial charge in [-0.2, -0.15) is 5.10 Å². The monoisotopic (exact) mass is 238 g/mol. The van der Waals surface area contributed by atoms with Gasteiger partial charge in [-0.25, -0.2) is 0 Å². The van der Waals surface area contributed by atoms with E-state index in [1.807, 2.05) is 13.8 Å². The maximum Gasteiger partial charge on any atom is 0.159 e. The molecule has 0 radical (unpaired) electrons. The molecule has 0 aliphatic rings. The van der Waals surface area contributed by atoms with Crippen LogP contribution in [0, 0.1) is 13.8 Å². The first-order chi connectivity index (χ1) is 7.57. The highest BCUT2D eigenvalue weighted by Gasteiger charge is 2.12. The second kappa shape index (κ2) is 5.75. The van der Waals surface area contributed by atoms with E-state index in [4.69, 9.17) is 18.0 Å². The number of nitrogens with two attached hydrogens (primary N) is 1. The van der Waals surface area contributed by atoms with E-state index in [-0.39, 0.29) is 0 Å². The van der Waals surface area contributed by atoms with E-state index >= 15 is 0 Å². The van der Waals surface area contributed by atoms with Gasteiger partial charge in [0.15, 0.2) is 5.82 Å². The lowest BCUT2D eigenvalue weighted by atomic mass is 10.1. The van der Waals surface area contributed by atoms with Crippen LogP contribution in [0.15, 0.2) is 0 Å². The molecule has 0 fully saturated rings. The summed E-state index contributed by atoms with van der Waals surface area (Å²) < 4.78 is 0. The Hall–Kier alpha value is -1.23. The lowest BCUT2D eigenvalue weighted by molar-refractivity contribution is 0.824. The number of thiocarbonyl (C=S) groups is 1. The Kier molecular flexibility index (Phi) is 4.61. The highest BCUT2D eigenvalue weighted by molar-refractivity contribution is 7.80. The van der Waals surface area contributed by atoms with Crippen LogP contribution in [0.5, 0.6) is 0 Å². The number of rotatable bonds is 5. The van der Waals surface area contributed by atoms with E-state index in [1.165, 1.54) is 0 Å². The summed E-state index contributed by atoms with van der Waals surface area (Å²) in [4.78, 5) is 0.370. The standard InChI is InChI=1S/C11H18N4S/c1-4-5-6-13-11-9(10(12)16)7(2)8(3)14-15-11/h4-6H2,1-3H3,(H2,12,16)(H,13,15). The average molecular weight is 238 g/mol. The van der Waals surface area contributed by atoms with E-state index < -0.39 is 0 Å². The summed E-state index contributed by atoms with van der Waals surface area (Å²) in [5, 5.41) is 11.4. The number of aromatic nitrogens is 2. The number of nitrogens with zero attached hydrogens (tertiary/aromatic N) is 2. The first-order valence-corrected chi connectivity index (χ1v) is 5.86. The molecule has 88 valence electrons. The number of hydrogen-bond acceptors (Lipinski definition) is 4. The number of anilines is 1. The average Bonchev–Trinajstić information content (AvgIpc) is 2.23. The van der Waals surface area contributed by atoms with Crippen molar-refractivity contribution in [2.45, 2.75) is 33.6 Å². The van der Waals surface area contributed by atoms with E-state index in [2.05, 4.69) is 22.4 Å². The number of nitrogens with one attached hydrogen (secondary N) is 1. The minimum absolute atomic E-state index is 0.370. The molecule has 0 saturated carbocycles. The summed E-state index contributed by atoms with van der Waals surface area (Å²) in [5.41, 5.74) is 8.40. The van der Waals surface area contributed by atoms with Gasteiger partial charge in [0.25, 0.3) is 0 Å². The Morgan fingerprint density at radius 2 is 2.06 bits per heavy atom. The molecule has 0 saturated heterocycles. The number of hydrogen-bond donors (Lipinski definition) is 2. The van der Waals surface area contributed by atoms with Crippen LogP contribution in [-0.2, 0) is 0 Å². The minimum atomic E-state index is 0.370. The van der Waals surface area contributed by atoms with Gasteiger partial charge >= 0.3 is 0 Å². The molecule has 0 bridgehead atoms. The van der Waals surface area contributed by atoms with Crippen LogP contribution in [0.1, 0.15) is 36.6 Å². The number of unbranched alkanes of at least 4 members (excludes halogenated alkanes) is 1. The molecule has 0 atom stereocenters. The predicted octanol–water partition coefficient (Wildman–Crippen LogP) is 1.94. The van der Waals surface area contributed by atoms with Crippen molar-refractivity contribution >= 4 is 23.0 Å². The third-order valence-corrected chi connectivity index (χ3v) is 2.73. The van der Waals surface area contributed by atoms with Gasteiger partial charge in [0.2, 0.25) is 0 Å². The van der Waals surface area contributed by atoms with Crippen molar-refractivity contribution in [3.8, 4) is 0 Å². The summed E-state index contributed by atoms with van der Waals surface area (Å²) >= 11 is 5.05. The molecular formula is C11H18N4S. The first-order valence-electron chi connectivity index (χ1n) is 5.45. The van der Waals surface area contributed by atoms with Gasteiger partial charge in [-0.1, -0.05) is 25.6 Å². The third kappa shape index (κ3) is 2.88. The van der Waals surface area contributed by atoms with Gasteiger partial charge in [0.1, 0.15) is 4.99 Å². The van der Waals surface area contributed by atoms with Crippen LogP contribution in [0.25, 0.3) is 0 Å². The Labute approximate surface area is 102 Å². The van der Waals surface area contributed by atoms with Gasteiger partial charge in [0.05, 0.1) is 11.3 Å². The van der Waals surface area contributed by atoms with Crippen molar-refractivity contribution in [2.24, 2.45) is 5.73 Å². The summed E-state index contributed by atoms with van der Waals surface area (Å²) in [6.07, 6.45) is 2.22. The fraction of sp³-hybridized carbons (Fsp3) is 0.545. The van der Waals surface area contributed by atoms with Gasteiger partial charge < -0.3 is 11.1 Å². The topological polar surface area (TPSA) is 63.8 Å². The molecule has 1 heterocycles. The van der Waals surface area contributed by atoms with Gasteiger partial charge in [0, 0.05) is 6.54 Å². The lowest BCUT2D eigenvalue weighted by Gasteiger charge is -2.12. The van der Waals surface area contributed by atoms with Crippen molar-refractivity contribution < 1.29 is 0 Å². The second-order valence-corrected chi connectivity index (χ2v) is 4.22. The molecule has 0 spiro atoms. The van der Waals surface area contributed by atoms with Crippen LogP contribution in [0.3, 0.4) is 0 Å². The Balaban J connectivity index is 2.99. The summed E-state index contributed by atoms with van der Waals surface area (Å²) in [6, 6.07) is 0. The molecule has 1 aromatic heterocycles. The van der Waals surface area contributed by atoms with Gasteiger partial charge in [-0.05, 0) is 25.8 Å². The molecule has 0 aliphatic heterocycles. The van der Waals surface area contributed by atoms with Crippen LogP contribution in [0.4, 0.5) is 5.82 Å². The molecular weight excluding hydrogens is 220 g/mol. The maximum atomic E-state index is 5.71. The van der Waals surface area contributed by atoms with Crippen LogP contribution >= 0.6 is 12.2 Å². The Bertz CT molecular complexity index is 390. The molecule has 0 unspecified atom stereocenters. The fourth-order valence-corrected chi connectivity index (χ4v) is 1.67. The van der Waals surface area contributed by atoms with Crippen molar-refractivity contribution in [3.05, 3.63) is 16.8 Å². The quantitative estimate of drug-likeness (QED) is 0.606. The van der Waals surface area contributed by atoms with Crippen molar-refractivity contribution in [3.63, 3.8) is 0 Å². The largest absolute Gasteiger partial charge is 0.389 e. The molecule has 0 aliphatic carbocycles. The minimum Gasteiger partial charge on any atom is -0.389 e. The van der Waals surface area contributed by atoms with E-state index in [9.17, 15) is 0 Å². The zero-order valence-corrected chi connectivity index (χ0v) is 10.8. The highest BCUT2D eigenvalue weighted by Crippen LogP contribution is 2.18. The molecule has 0 amide bonds. The van der Waals surface area contributed by atoms with E-state index in [1.54, 1.807) is 0 Å². The summed E-state index contributed by atoms with van der Waals surface area (Å²) in [6.45, 7) is 6.87. The SMILES string of the molecule is CCCCNc1nnc(C)c(C)c1C(N)=S. The first kappa shape index (κ1) is 12.8. The fourth-order valence-electron chi connectivity index (χ4n) is 1.42. The van der Waals surface area contributed by atoms with Gasteiger partial charge in [-0.15, -0.1) is 5.10 Å². The van der Waals surface area contributed by atoms with Gasteiger partial charge in [-0.3, -0.25) is 0 Å². The van der Waals surface area contributed by atoms with E-state index in [0.717, 1.165) is 36.2 Å². The van der Waals surface area contributed by atoms with Crippen LogP contribution in [0.2, 0.25) is 0 Å². The van der Waals surface area contributed by atoms with Crippen molar-refractivity contribution in [1.29, 1.82) is 0 Å². The third-order valence-electron chi connectivity index (χ3n) is 2.52. The lowest BCUT2D eigenvalue weighted by Crippen LogP contribution is -2.18. The Morgan fingerprint density at radius 1 is 1.38 bits per heavy atom. The van der Waals surface area contributed by atoms with Crippen LogP contribution < -0.4 is 11.1 Å². The normalized spacial score (nSPS) is 10.2. The van der Waals surface area contributed by atoms with E-state index in [0.29, 0.717) is 10.8 Å². The molecule has 3 N–H and O–H groups in total. The molecule has 0 aromatic carbocycles. The number of aryl methyl sites for hydroxylation is 1. The molecule has 16 heavy (non-hydrogen) atoms. The van der Waals surface area contributed by atoms with Crippen LogP contribution in [-0.4, -0.2) is 21.7 Å². The molecule has 1 aromatic rings. The predicted molar refractivity (Wildman–Crippen MR) is 70.8 cm³/mol. The zero-order valence-electron chi connectivity index (χ0n) is 10.0. The molecule has 1 rings (SSSR count). The summed E-state index contributed by atoms with van der Waals surface area (Å²) in [5.74, 6) is 0.698. The highest BCUT2D eigenvalue weighted by atomic mass is 32.1. The van der Waals surface area contributed by atoms with Crippen molar-refractivity contribution in [1.82, 2.24) is 10.2 Å².